The van der Waals surface area contributed by atoms with Crippen molar-refractivity contribution >= 4 is 15.8 Å². The van der Waals surface area contributed by atoms with Gasteiger partial charge in [-0.3, -0.25) is 10.1 Å². The predicted octanol–water partition coefficient (Wildman–Crippen LogP) is -0.759. The maximum Gasteiger partial charge on any atom is 0.323 e. The van der Waals surface area contributed by atoms with E-state index in [0.29, 0.717) is 0 Å². The van der Waals surface area contributed by atoms with Gasteiger partial charge in [-0.1, -0.05) is 5.92 Å². The fraction of sp³-hybridized carbons (Fsp3) is 0.667. The molecule has 0 atom stereocenters. The second-order valence-corrected chi connectivity index (χ2v) is 5.90. The highest BCUT2D eigenvalue weighted by atomic mass is 32.2. The standard InChI is InChI=1S/C9H13NO4S/c1-2-5-10-9(8(11)12)3-6-15(13,14)7-4-9/h1,10H,3-7H2,(H,11,12). The van der Waals surface area contributed by atoms with Crippen molar-refractivity contribution < 1.29 is 18.3 Å². The van der Waals surface area contributed by atoms with Crippen LogP contribution < -0.4 is 5.32 Å². The predicted molar refractivity (Wildman–Crippen MR) is 55.1 cm³/mol. The van der Waals surface area contributed by atoms with Crippen molar-refractivity contribution in [1.82, 2.24) is 5.32 Å². The molecule has 1 aliphatic heterocycles. The fourth-order valence-electron chi connectivity index (χ4n) is 1.57. The Morgan fingerprint density at radius 1 is 1.47 bits per heavy atom. The highest BCUT2D eigenvalue weighted by Crippen LogP contribution is 2.23. The molecule has 2 N–H and O–H groups in total. The Morgan fingerprint density at radius 2 is 2.00 bits per heavy atom. The van der Waals surface area contributed by atoms with Crippen LogP contribution in [0.15, 0.2) is 0 Å². The summed E-state index contributed by atoms with van der Waals surface area (Å²) < 4.78 is 22.3. The summed E-state index contributed by atoms with van der Waals surface area (Å²) in [5.41, 5.74) is -1.17. The molecule has 1 rings (SSSR count). The second kappa shape index (κ2) is 4.21. The Morgan fingerprint density at radius 3 is 2.40 bits per heavy atom. The van der Waals surface area contributed by atoms with Gasteiger partial charge in [-0.15, -0.1) is 6.42 Å². The summed E-state index contributed by atoms with van der Waals surface area (Å²) >= 11 is 0. The van der Waals surface area contributed by atoms with Crippen molar-refractivity contribution in [3.8, 4) is 12.3 Å². The molecule has 5 nitrogen and oxygen atoms in total. The van der Waals surface area contributed by atoms with Gasteiger partial charge in [-0.2, -0.15) is 0 Å². The van der Waals surface area contributed by atoms with Crippen LogP contribution in [0.25, 0.3) is 0 Å². The van der Waals surface area contributed by atoms with E-state index < -0.39 is 21.3 Å². The lowest BCUT2D eigenvalue weighted by Crippen LogP contribution is -2.56. The van der Waals surface area contributed by atoms with E-state index in [-0.39, 0.29) is 30.9 Å². The zero-order valence-corrected chi connectivity index (χ0v) is 9.01. The van der Waals surface area contributed by atoms with E-state index in [1.54, 1.807) is 0 Å². The van der Waals surface area contributed by atoms with Gasteiger partial charge in [-0.25, -0.2) is 8.42 Å². The summed E-state index contributed by atoms with van der Waals surface area (Å²) in [6.07, 6.45) is 5.19. The molecule has 1 heterocycles. The van der Waals surface area contributed by atoms with Crippen LogP contribution in [0.3, 0.4) is 0 Å². The molecule has 0 amide bonds. The molecule has 1 aliphatic rings. The first-order valence-corrected chi connectivity index (χ1v) is 6.36. The van der Waals surface area contributed by atoms with Crippen molar-refractivity contribution in [1.29, 1.82) is 0 Å². The smallest absolute Gasteiger partial charge is 0.323 e. The summed E-state index contributed by atoms with van der Waals surface area (Å²) in [5, 5.41) is 11.8. The van der Waals surface area contributed by atoms with Gasteiger partial charge in [-0.05, 0) is 12.8 Å². The molecule has 0 aromatic heterocycles. The van der Waals surface area contributed by atoms with E-state index in [2.05, 4.69) is 11.2 Å². The number of nitrogens with one attached hydrogen (secondary N) is 1. The van der Waals surface area contributed by atoms with Gasteiger partial charge in [0.05, 0.1) is 18.1 Å². The summed E-state index contributed by atoms with van der Waals surface area (Å²) in [6.45, 7) is 0.131. The van der Waals surface area contributed by atoms with Gasteiger partial charge in [0.15, 0.2) is 0 Å². The van der Waals surface area contributed by atoms with Crippen LogP contribution in [0, 0.1) is 12.3 Å². The van der Waals surface area contributed by atoms with Crippen molar-refractivity contribution in [3.63, 3.8) is 0 Å². The topological polar surface area (TPSA) is 83.5 Å². The van der Waals surface area contributed by atoms with Crippen molar-refractivity contribution in [3.05, 3.63) is 0 Å². The van der Waals surface area contributed by atoms with Crippen LogP contribution in [0.1, 0.15) is 12.8 Å². The molecule has 84 valence electrons. The Labute approximate surface area is 88.8 Å². The lowest BCUT2D eigenvalue weighted by molar-refractivity contribution is -0.145. The first-order chi connectivity index (χ1) is 6.92. The number of hydrogen-bond donors (Lipinski definition) is 2. The number of carboxylic acid groups (broad SMARTS) is 1. The molecule has 1 fully saturated rings. The van der Waals surface area contributed by atoms with Crippen LogP contribution in [-0.2, 0) is 14.6 Å². The first kappa shape index (κ1) is 12.0. The van der Waals surface area contributed by atoms with Gasteiger partial charge >= 0.3 is 5.97 Å². The van der Waals surface area contributed by atoms with Crippen molar-refractivity contribution in [2.24, 2.45) is 0 Å². The summed E-state index contributed by atoms with van der Waals surface area (Å²) in [4.78, 5) is 11.1. The van der Waals surface area contributed by atoms with E-state index in [0.717, 1.165) is 0 Å². The molecule has 0 saturated carbocycles. The number of hydrogen-bond acceptors (Lipinski definition) is 4. The SMILES string of the molecule is C#CCNC1(C(=O)O)CCS(=O)(=O)CC1. The van der Waals surface area contributed by atoms with Crippen LogP contribution in [0.4, 0.5) is 0 Å². The third kappa shape index (κ3) is 2.70. The maximum atomic E-state index is 11.2. The molecular weight excluding hydrogens is 218 g/mol. The van der Waals surface area contributed by atoms with E-state index in [1.165, 1.54) is 0 Å². The van der Waals surface area contributed by atoms with E-state index in [9.17, 15) is 13.2 Å². The first-order valence-electron chi connectivity index (χ1n) is 4.54. The van der Waals surface area contributed by atoms with Gasteiger partial charge in [0.25, 0.3) is 0 Å². The van der Waals surface area contributed by atoms with Gasteiger partial charge < -0.3 is 5.11 Å². The minimum atomic E-state index is -3.07. The Bertz CT molecular complexity index is 379. The molecule has 6 heteroatoms. The van der Waals surface area contributed by atoms with Crippen LogP contribution in [0.2, 0.25) is 0 Å². The minimum absolute atomic E-state index is 0.0757. The minimum Gasteiger partial charge on any atom is -0.480 e. The summed E-state index contributed by atoms with van der Waals surface area (Å²) in [5.74, 6) is 1.06. The van der Waals surface area contributed by atoms with Gasteiger partial charge in [0.2, 0.25) is 0 Å². The largest absolute Gasteiger partial charge is 0.480 e. The van der Waals surface area contributed by atoms with E-state index >= 15 is 0 Å². The van der Waals surface area contributed by atoms with Crippen LogP contribution >= 0.6 is 0 Å². The maximum absolute atomic E-state index is 11.2. The molecule has 0 radical (unpaired) electrons. The highest BCUT2D eigenvalue weighted by molar-refractivity contribution is 7.91. The molecule has 1 saturated heterocycles. The average Bonchev–Trinajstić information content (AvgIpc) is 2.16. The lowest BCUT2D eigenvalue weighted by Gasteiger charge is -2.33. The lowest BCUT2D eigenvalue weighted by atomic mass is 9.92. The Kier molecular flexibility index (Phi) is 3.37. The fourth-order valence-corrected chi connectivity index (χ4v) is 3.10. The van der Waals surface area contributed by atoms with Crippen molar-refractivity contribution in [2.45, 2.75) is 18.4 Å². The number of sulfone groups is 1. The monoisotopic (exact) mass is 231 g/mol. The Balaban J connectivity index is 2.78. The molecule has 15 heavy (non-hydrogen) atoms. The number of aliphatic carboxylic acids is 1. The van der Waals surface area contributed by atoms with Crippen LogP contribution in [-0.4, -0.2) is 43.1 Å². The van der Waals surface area contributed by atoms with E-state index in [1.807, 2.05) is 0 Å². The number of terminal acetylenes is 1. The van der Waals surface area contributed by atoms with Gasteiger partial charge in [0, 0.05) is 0 Å². The van der Waals surface area contributed by atoms with Crippen molar-refractivity contribution in [2.75, 3.05) is 18.1 Å². The molecule has 0 aliphatic carbocycles. The molecule has 0 aromatic carbocycles. The average molecular weight is 231 g/mol. The van der Waals surface area contributed by atoms with Gasteiger partial charge in [0.1, 0.15) is 15.4 Å². The number of carbonyl (C=O) groups is 1. The Hall–Kier alpha value is -1.06. The molecule has 0 bridgehead atoms. The van der Waals surface area contributed by atoms with E-state index in [4.69, 9.17) is 11.5 Å². The third-order valence-electron chi connectivity index (χ3n) is 2.62. The zero-order valence-electron chi connectivity index (χ0n) is 8.19. The molecule has 0 spiro atoms. The number of carboxylic acids is 1. The second-order valence-electron chi connectivity index (χ2n) is 3.60. The summed E-state index contributed by atoms with van der Waals surface area (Å²) in [6, 6.07) is 0. The number of rotatable bonds is 3. The quantitative estimate of drug-likeness (QED) is 0.624. The normalized spacial score (nSPS) is 22.9. The summed E-state index contributed by atoms with van der Waals surface area (Å²) in [7, 11) is -3.07. The molecule has 0 aromatic rings. The molecular formula is C9H13NO4S. The zero-order chi connectivity index (χ0) is 11.5. The van der Waals surface area contributed by atoms with Crippen LogP contribution in [0.5, 0.6) is 0 Å². The molecule has 0 unspecified atom stereocenters. The highest BCUT2D eigenvalue weighted by Gasteiger charge is 2.42. The third-order valence-corrected chi connectivity index (χ3v) is 4.27.